The highest BCUT2D eigenvalue weighted by Crippen LogP contribution is 2.34. The number of nitrogens with two attached hydrogens (primary N) is 2. The highest BCUT2D eigenvalue weighted by atomic mass is 32.2. The Morgan fingerprint density at radius 3 is 2.23 bits per heavy atom. The number of halogens is 3. The molecule has 5 nitrogen and oxygen atoms in total. The Morgan fingerprint density at radius 2 is 1.65 bits per heavy atom. The minimum Gasteiger partial charge on any atom is -0.383 e. The largest absolute Gasteiger partial charge is 0.416 e. The number of anilines is 2. The fraction of sp³-hybridized carbons (Fsp3) is 0.188. The molecule has 3 rings (SSSR count). The van der Waals surface area contributed by atoms with Crippen LogP contribution in [-0.2, 0) is 11.9 Å². The van der Waals surface area contributed by atoms with Crippen LogP contribution in [0.4, 0.5) is 24.8 Å². The highest BCUT2D eigenvalue weighted by molar-refractivity contribution is 7.98. The predicted octanol–water partition coefficient (Wildman–Crippen LogP) is 4.38. The second-order valence-corrected chi connectivity index (χ2v) is 7.53. The van der Waals surface area contributed by atoms with Crippen LogP contribution in [0.5, 0.6) is 0 Å². The maximum atomic E-state index is 12.7. The molecule has 0 saturated carbocycles. The Kier molecular flexibility index (Phi) is 5.05. The van der Waals surface area contributed by atoms with E-state index < -0.39 is 11.7 Å². The molecule has 0 fully saturated rings. The summed E-state index contributed by atoms with van der Waals surface area (Å²) in [6, 6.07) is 6.45. The molecule has 2 aromatic heterocycles. The second-order valence-electron chi connectivity index (χ2n) is 5.39. The van der Waals surface area contributed by atoms with Gasteiger partial charge in [0.2, 0.25) is 0 Å². The smallest absolute Gasteiger partial charge is 0.383 e. The Morgan fingerprint density at radius 1 is 1.04 bits per heavy atom. The summed E-state index contributed by atoms with van der Waals surface area (Å²) in [5.41, 5.74) is 12.1. The van der Waals surface area contributed by atoms with Gasteiger partial charge < -0.3 is 11.5 Å². The van der Waals surface area contributed by atoms with Crippen molar-refractivity contribution in [3.63, 3.8) is 0 Å². The van der Waals surface area contributed by atoms with Crippen molar-refractivity contribution in [1.82, 2.24) is 15.0 Å². The van der Waals surface area contributed by atoms with E-state index in [1.54, 1.807) is 0 Å². The lowest BCUT2D eigenvalue weighted by Crippen LogP contribution is -2.03. The summed E-state index contributed by atoms with van der Waals surface area (Å²) in [4.78, 5) is 13.7. The van der Waals surface area contributed by atoms with Crippen LogP contribution >= 0.6 is 23.1 Å². The van der Waals surface area contributed by atoms with E-state index in [1.165, 1.54) is 41.3 Å². The zero-order valence-corrected chi connectivity index (χ0v) is 15.2. The summed E-state index contributed by atoms with van der Waals surface area (Å²) >= 11 is 2.77. The van der Waals surface area contributed by atoms with Crippen LogP contribution in [0.2, 0.25) is 0 Å². The minimum atomic E-state index is -4.35. The van der Waals surface area contributed by atoms with Crippen LogP contribution in [0.1, 0.15) is 16.1 Å². The average Bonchev–Trinajstić information content (AvgIpc) is 2.92. The van der Waals surface area contributed by atoms with Gasteiger partial charge in [0.25, 0.3) is 0 Å². The Balaban J connectivity index is 1.76. The SMILES string of the molecule is Cc1sc(-c2ccc(C(F)(F)F)cc2)nc1CSc1nc(N)cc(N)n1. The summed E-state index contributed by atoms with van der Waals surface area (Å²) in [7, 11) is 0. The van der Waals surface area contributed by atoms with Gasteiger partial charge >= 0.3 is 6.18 Å². The maximum Gasteiger partial charge on any atom is 0.416 e. The van der Waals surface area contributed by atoms with Crippen LogP contribution in [0.3, 0.4) is 0 Å². The van der Waals surface area contributed by atoms with E-state index in [0.717, 1.165) is 22.7 Å². The fourth-order valence-corrected chi connectivity index (χ4v) is 4.06. The van der Waals surface area contributed by atoms with Crippen molar-refractivity contribution in [2.45, 2.75) is 24.0 Å². The van der Waals surface area contributed by atoms with Gasteiger partial charge in [0, 0.05) is 22.3 Å². The standard InChI is InChI=1S/C16H14F3N5S2/c1-8-11(7-25-15-23-12(20)6-13(21)24-15)22-14(26-8)9-2-4-10(5-3-9)16(17,18)19/h2-6H,7H2,1H3,(H4,20,21,23,24). The summed E-state index contributed by atoms with van der Waals surface area (Å²) in [5.74, 6) is 1.09. The van der Waals surface area contributed by atoms with E-state index in [-0.39, 0.29) is 0 Å². The van der Waals surface area contributed by atoms with E-state index in [4.69, 9.17) is 11.5 Å². The first-order valence-corrected chi connectivity index (χ1v) is 9.19. The van der Waals surface area contributed by atoms with E-state index in [9.17, 15) is 13.2 Å². The molecule has 0 aliphatic rings. The van der Waals surface area contributed by atoms with Crippen molar-refractivity contribution in [3.05, 3.63) is 46.5 Å². The number of benzene rings is 1. The van der Waals surface area contributed by atoms with E-state index in [1.807, 2.05) is 6.92 Å². The third-order valence-electron chi connectivity index (χ3n) is 3.44. The molecule has 136 valence electrons. The lowest BCUT2D eigenvalue weighted by atomic mass is 10.1. The highest BCUT2D eigenvalue weighted by Gasteiger charge is 2.30. The van der Waals surface area contributed by atoms with Gasteiger partial charge in [-0.05, 0) is 19.1 Å². The molecule has 0 bridgehead atoms. The minimum absolute atomic E-state index is 0.292. The fourth-order valence-electron chi connectivity index (χ4n) is 2.15. The molecule has 4 N–H and O–H groups in total. The summed E-state index contributed by atoms with van der Waals surface area (Å²) in [6.45, 7) is 1.91. The number of rotatable bonds is 4. The lowest BCUT2D eigenvalue weighted by molar-refractivity contribution is -0.137. The molecule has 0 unspecified atom stereocenters. The lowest BCUT2D eigenvalue weighted by Gasteiger charge is -2.06. The number of aryl methyl sites for hydroxylation is 1. The van der Waals surface area contributed by atoms with Crippen molar-refractivity contribution < 1.29 is 13.2 Å². The van der Waals surface area contributed by atoms with Crippen LogP contribution in [0, 0.1) is 6.92 Å². The van der Waals surface area contributed by atoms with Crippen molar-refractivity contribution in [2.75, 3.05) is 11.5 Å². The van der Waals surface area contributed by atoms with Crippen LogP contribution in [0.25, 0.3) is 10.6 Å². The molecule has 0 radical (unpaired) electrons. The molecule has 0 spiro atoms. The summed E-state index contributed by atoms with van der Waals surface area (Å²) < 4.78 is 38.0. The van der Waals surface area contributed by atoms with Crippen molar-refractivity contribution in [1.29, 1.82) is 0 Å². The Hall–Kier alpha value is -2.33. The van der Waals surface area contributed by atoms with Gasteiger partial charge in [0.15, 0.2) is 5.16 Å². The quantitative estimate of drug-likeness (QED) is 0.501. The zero-order valence-electron chi connectivity index (χ0n) is 13.5. The molecule has 10 heteroatoms. The van der Waals surface area contributed by atoms with Crippen LogP contribution < -0.4 is 11.5 Å². The van der Waals surface area contributed by atoms with Gasteiger partial charge in [-0.1, -0.05) is 23.9 Å². The molecular weight excluding hydrogens is 383 g/mol. The first-order valence-electron chi connectivity index (χ1n) is 7.39. The summed E-state index contributed by atoms with van der Waals surface area (Å²) in [5, 5.41) is 1.12. The molecular formula is C16H14F3N5S2. The van der Waals surface area contributed by atoms with E-state index >= 15 is 0 Å². The van der Waals surface area contributed by atoms with E-state index in [0.29, 0.717) is 33.1 Å². The number of hydrogen-bond donors (Lipinski definition) is 2. The predicted molar refractivity (Wildman–Crippen MR) is 97.7 cm³/mol. The maximum absolute atomic E-state index is 12.7. The third-order valence-corrected chi connectivity index (χ3v) is 5.36. The number of nitrogen functional groups attached to an aromatic ring is 2. The number of aromatic nitrogens is 3. The molecule has 2 heterocycles. The molecule has 1 aromatic carbocycles. The van der Waals surface area contributed by atoms with Gasteiger partial charge in [-0.2, -0.15) is 13.2 Å². The van der Waals surface area contributed by atoms with Gasteiger partial charge in [-0.3, -0.25) is 0 Å². The van der Waals surface area contributed by atoms with Crippen molar-refractivity contribution >= 4 is 34.7 Å². The first kappa shape index (κ1) is 18.5. The normalized spacial score (nSPS) is 11.7. The monoisotopic (exact) mass is 397 g/mol. The van der Waals surface area contributed by atoms with Crippen LogP contribution in [-0.4, -0.2) is 15.0 Å². The molecule has 0 amide bonds. The number of alkyl halides is 3. The second kappa shape index (κ2) is 7.12. The number of thiazole rings is 1. The van der Waals surface area contributed by atoms with Gasteiger partial charge in [-0.25, -0.2) is 15.0 Å². The summed E-state index contributed by atoms with van der Waals surface area (Å²) in [6.07, 6.45) is -4.35. The van der Waals surface area contributed by atoms with Crippen molar-refractivity contribution in [3.8, 4) is 10.6 Å². The van der Waals surface area contributed by atoms with Crippen molar-refractivity contribution in [2.24, 2.45) is 0 Å². The first-order chi connectivity index (χ1) is 12.2. The Bertz CT molecular complexity index is 902. The third kappa shape index (κ3) is 4.25. The number of thioether (sulfide) groups is 1. The van der Waals surface area contributed by atoms with Gasteiger partial charge in [0.1, 0.15) is 16.6 Å². The van der Waals surface area contributed by atoms with Gasteiger partial charge in [-0.15, -0.1) is 11.3 Å². The average molecular weight is 397 g/mol. The molecule has 3 aromatic rings. The molecule has 0 atom stereocenters. The topological polar surface area (TPSA) is 90.7 Å². The number of nitrogens with zero attached hydrogens (tertiary/aromatic N) is 3. The molecule has 0 aliphatic heterocycles. The molecule has 26 heavy (non-hydrogen) atoms. The Labute approximate surface area is 155 Å². The molecule has 0 saturated heterocycles. The van der Waals surface area contributed by atoms with Gasteiger partial charge in [0.05, 0.1) is 11.3 Å². The van der Waals surface area contributed by atoms with E-state index in [2.05, 4.69) is 15.0 Å². The number of hydrogen-bond acceptors (Lipinski definition) is 7. The van der Waals surface area contributed by atoms with Crippen LogP contribution in [0.15, 0.2) is 35.5 Å². The zero-order chi connectivity index (χ0) is 18.9. The molecule has 0 aliphatic carbocycles.